The van der Waals surface area contributed by atoms with Gasteiger partial charge in [0.05, 0.1) is 6.61 Å². The minimum absolute atomic E-state index is 0.682. The fourth-order valence-corrected chi connectivity index (χ4v) is 2.73. The van der Waals surface area contributed by atoms with Crippen molar-refractivity contribution >= 4 is 0 Å². The molecule has 1 heterocycles. The van der Waals surface area contributed by atoms with Crippen LogP contribution in [0.25, 0.3) is 0 Å². The van der Waals surface area contributed by atoms with Gasteiger partial charge in [0, 0.05) is 12.0 Å². The largest absolute Gasteiger partial charge is 0.337 e. The van der Waals surface area contributed by atoms with Gasteiger partial charge in [0.1, 0.15) is 0 Å². The minimum Gasteiger partial charge on any atom is -0.337 e. The predicted octanol–water partition coefficient (Wildman–Crippen LogP) is 4.85. The van der Waals surface area contributed by atoms with Crippen LogP contribution in [0, 0.1) is 0 Å². The van der Waals surface area contributed by atoms with Gasteiger partial charge in [-0.1, -0.05) is 57.6 Å². The molecule has 2 nitrogen and oxygen atoms in total. The normalized spacial score (nSPS) is 13.9. The number of hydrogen-bond acceptors (Lipinski definition) is 2. The Morgan fingerprint density at radius 3 is 2.63 bits per heavy atom. The average Bonchev–Trinajstić information content (AvgIpc) is 2.46. The van der Waals surface area contributed by atoms with E-state index < -0.39 is 0 Å². The third-order valence-corrected chi connectivity index (χ3v) is 3.86. The Balaban J connectivity index is 1.71. The van der Waals surface area contributed by atoms with Crippen LogP contribution >= 0.6 is 0 Å². The number of hydrogen-bond donors (Lipinski definition) is 0. The van der Waals surface area contributed by atoms with Crippen LogP contribution in [0.2, 0.25) is 0 Å². The molecule has 0 radical (unpaired) electrons. The van der Waals surface area contributed by atoms with Crippen LogP contribution in [0.1, 0.15) is 63.0 Å². The third kappa shape index (κ3) is 4.54. The molecular weight excluding hydrogens is 236 g/mol. The zero-order valence-corrected chi connectivity index (χ0v) is 12.1. The summed E-state index contributed by atoms with van der Waals surface area (Å²) in [6, 6.07) is 6.32. The van der Waals surface area contributed by atoms with Gasteiger partial charge in [0.25, 0.3) is 0 Å². The molecule has 0 unspecified atom stereocenters. The van der Waals surface area contributed by atoms with E-state index in [0.29, 0.717) is 6.61 Å². The van der Waals surface area contributed by atoms with Crippen molar-refractivity contribution in [2.75, 3.05) is 6.61 Å². The highest BCUT2D eigenvalue weighted by molar-refractivity contribution is 5.40. The molecule has 0 saturated heterocycles. The molecule has 19 heavy (non-hydrogen) atoms. The molecule has 1 aliphatic rings. The third-order valence-electron chi connectivity index (χ3n) is 3.86. The molecular formula is C17H26O2. The molecule has 0 amide bonds. The Hall–Kier alpha value is -1.02. The second-order valence-electron chi connectivity index (χ2n) is 5.42. The summed E-state index contributed by atoms with van der Waals surface area (Å²) in [6.07, 6.45) is 11.7. The van der Waals surface area contributed by atoms with E-state index in [2.05, 4.69) is 19.1 Å². The number of rotatable bonds is 8. The number of unbranched alkanes of at least 4 members (excludes halogenated alkanes) is 6. The van der Waals surface area contributed by atoms with E-state index in [4.69, 9.17) is 9.78 Å². The summed E-state index contributed by atoms with van der Waals surface area (Å²) in [5.41, 5.74) is 2.81. The summed E-state index contributed by atoms with van der Waals surface area (Å²) in [6.45, 7) is 2.95. The summed E-state index contributed by atoms with van der Waals surface area (Å²) >= 11 is 0. The summed E-state index contributed by atoms with van der Waals surface area (Å²) in [4.78, 5) is 10.3. The lowest BCUT2D eigenvalue weighted by molar-refractivity contribution is -0.215. The highest BCUT2D eigenvalue weighted by Crippen LogP contribution is 2.27. The molecule has 2 rings (SSSR count). The lowest BCUT2D eigenvalue weighted by atomic mass is 9.97. The van der Waals surface area contributed by atoms with E-state index in [1.54, 1.807) is 0 Å². The lowest BCUT2D eigenvalue weighted by Gasteiger charge is -2.18. The van der Waals surface area contributed by atoms with Crippen molar-refractivity contribution in [3.05, 3.63) is 29.3 Å². The van der Waals surface area contributed by atoms with Crippen molar-refractivity contribution < 1.29 is 9.78 Å². The van der Waals surface area contributed by atoms with Crippen LogP contribution < -0.4 is 4.89 Å². The first-order chi connectivity index (χ1) is 9.42. The van der Waals surface area contributed by atoms with Gasteiger partial charge in [-0.2, -0.15) is 4.89 Å². The van der Waals surface area contributed by atoms with Gasteiger partial charge in [0.15, 0.2) is 5.75 Å². The molecule has 2 heteroatoms. The molecule has 106 valence electrons. The Morgan fingerprint density at radius 1 is 1.00 bits per heavy atom. The smallest absolute Gasteiger partial charge is 0.168 e. The molecule has 1 aliphatic heterocycles. The second kappa shape index (κ2) is 8.21. The fraction of sp³-hybridized carbons (Fsp3) is 0.647. The van der Waals surface area contributed by atoms with Crippen LogP contribution in [0.15, 0.2) is 18.2 Å². The standard InChI is InChI=1S/C17H26O2/c1-2-3-4-5-6-7-8-10-15-11-9-12-17-16(15)13-14-18-19-17/h9,11-12H,2-8,10,13-14H2,1H3. The monoisotopic (exact) mass is 262 g/mol. The maximum absolute atomic E-state index is 5.24. The summed E-state index contributed by atoms with van der Waals surface area (Å²) in [7, 11) is 0. The summed E-state index contributed by atoms with van der Waals surface area (Å²) in [5.74, 6) is 0.923. The SMILES string of the molecule is CCCCCCCCCc1cccc2c1CCOO2. The van der Waals surface area contributed by atoms with Gasteiger partial charge < -0.3 is 4.89 Å². The first-order valence-electron chi connectivity index (χ1n) is 7.82. The predicted molar refractivity (Wildman–Crippen MR) is 78.4 cm³/mol. The second-order valence-corrected chi connectivity index (χ2v) is 5.42. The van der Waals surface area contributed by atoms with E-state index in [9.17, 15) is 0 Å². The number of aryl methyl sites for hydroxylation is 1. The van der Waals surface area contributed by atoms with E-state index in [0.717, 1.165) is 12.2 Å². The fourth-order valence-electron chi connectivity index (χ4n) is 2.73. The minimum atomic E-state index is 0.682. The summed E-state index contributed by atoms with van der Waals surface area (Å²) < 4.78 is 0. The van der Waals surface area contributed by atoms with Crippen LogP contribution in [0.4, 0.5) is 0 Å². The van der Waals surface area contributed by atoms with Crippen molar-refractivity contribution in [1.29, 1.82) is 0 Å². The molecule has 0 aliphatic carbocycles. The Kier molecular flexibility index (Phi) is 6.22. The van der Waals surface area contributed by atoms with Gasteiger partial charge in [-0.25, -0.2) is 0 Å². The Labute approximate surface area is 117 Å². The number of benzene rings is 1. The van der Waals surface area contributed by atoms with Crippen molar-refractivity contribution in [3.8, 4) is 5.75 Å². The highest BCUT2D eigenvalue weighted by Gasteiger charge is 2.14. The van der Waals surface area contributed by atoms with Gasteiger partial charge in [0.2, 0.25) is 0 Å². The van der Waals surface area contributed by atoms with E-state index in [-0.39, 0.29) is 0 Å². The van der Waals surface area contributed by atoms with Gasteiger partial charge in [-0.15, -0.1) is 0 Å². The Bertz CT molecular complexity index is 374. The molecule has 0 aromatic heterocycles. The van der Waals surface area contributed by atoms with Crippen LogP contribution in [-0.4, -0.2) is 6.61 Å². The zero-order chi connectivity index (χ0) is 13.3. The summed E-state index contributed by atoms with van der Waals surface area (Å²) in [5, 5.41) is 0. The molecule has 0 fully saturated rings. The number of fused-ring (bicyclic) bond motifs is 1. The first-order valence-corrected chi connectivity index (χ1v) is 7.82. The molecule has 1 aromatic carbocycles. The van der Waals surface area contributed by atoms with E-state index in [1.807, 2.05) is 6.07 Å². The molecule has 1 aromatic rings. The average molecular weight is 262 g/mol. The quantitative estimate of drug-likeness (QED) is 0.492. The molecule has 0 bridgehead atoms. The Morgan fingerprint density at radius 2 is 1.79 bits per heavy atom. The van der Waals surface area contributed by atoms with E-state index in [1.165, 1.54) is 62.5 Å². The zero-order valence-electron chi connectivity index (χ0n) is 12.1. The van der Waals surface area contributed by atoms with Gasteiger partial charge in [-0.05, 0) is 24.5 Å². The van der Waals surface area contributed by atoms with Crippen molar-refractivity contribution in [1.82, 2.24) is 0 Å². The van der Waals surface area contributed by atoms with Gasteiger partial charge >= 0.3 is 0 Å². The highest BCUT2D eigenvalue weighted by atomic mass is 17.2. The molecule has 0 spiro atoms. The molecule has 0 atom stereocenters. The molecule has 0 N–H and O–H groups in total. The van der Waals surface area contributed by atoms with Crippen LogP contribution in [0.3, 0.4) is 0 Å². The van der Waals surface area contributed by atoms with Crippen molar-refractivity contribution in [2.24, 2.45) is 0 Å². The van der Waals surface area contributed by atoms with Crippen LogP contribution in [-0.2, 0) is 17.7 Å². The van der Waals surface area contributed by atoms with Crippen molar-refractivity contribution in [3.63, 3.8) is 0 Å². The van der Waals surface area contributed by atoms with Crippen LogP contribution in [0.5, 0.6) is 5.75 Å². The lowest BCUT2D eigenvalue weighted by Crippen LogP contribution is -2.12. The first kappa shape index (κ1) is 14.4. The maximum atomic E-state index is 5.24. The topological polar surface area (TPSA) is 18.5 Å². The maximum Gasteiger partial charge on any atom is 0.168 e. The van der Waals surface area contributed by atoms with E-state index >= 15 is 0 Å². The molecule has 0 saturated carbocycles. The van der Waals surface area contributed by atoms with Crippen molar-refractivity contribution in [2.45, 2.75) is 64.7 Å². The van der Waals surface area contributed by atoms with Gasteiger partial charge in [-0.3, -0.25) is 0 Å².